The predicted molar refractivity (Wildman–Crippen MR) is 108 cm³/mol. The lowest BCUT2D eigenvalue weighted by atomic mass is 10.1. The molecule has 0 spiro atoms. The van der Waals surface area contributed by atoms with Crippen LogP contribution < -0.4 is 9.80 Å². The molecule has 0 unspecified atom stereocenters. The third-order valence-electron chi connectivity index (χ3n) is 5.43. The number of hydrogen-bond acceptors (Lipinski definition) is 5. The standard InChI is InChI=1S/C21H27N5O/c1-16-5-7-18(8-6-16)21(27)26-13-11-25(12-14-26)20-15-19(22-17(2)23-20)24-9-3-4-10-24/h5-8,15H,3-4,9-14H2,1-2H3. The van der Waals surface area contributed by atoms with Crippen molar-refractivity contribution in [3.63, 3.8) is 0 Å². The van der Waals surface area contributed by atoms with Gasteiger partial charge in [-0.15, -0.1) is 0 Å². The van der Waals surface area contributed by atoms with E-state index in [-0.39, 0.29) is 5.91 Å². The summed E-state index contributed by atoms with van der Waals surface area (Å²) in [4.78, 5) is 28.5. The minimum Gasteiger partial charge on any atom is -0.356 e. The van der Waals surface area contributed by atoms with Crippen LogP contribution in [0.1, 0.15) is 34.6 Å². The molecule has 0 atom stereocenters. The maximum atomic E-state index is 12.7. The number of piperazine rings is 1. The fraction of sp³-hybridized carbons (Fsp3) is 0.476. The normalized spacial score (nSPS) is 17.5. The molecule has 2 fully saturated rings. The van der Waals surface area contributed by atoms with Gasteiger partial charge >= 0.3 is 0 Å². The molecule has 4 rings (SSSR count). The maximum Gasteiger partial charge on any atom is 0.253 e. The summed E-state index contributed by atoms with van der Waals surface area (Å²) in [7, 11) is 0. The molecule has 6 heteroatoms. The van der Waals surface area contributed by atoms with E-state index in [4.69, 9.17) is 0 Å². The zero-order valence-electron chi connectivity index (χ0n) is 16.2. The summed E-state index contributed by atoms with van der Waals surface area (Å²) in [5.41, 5.74) is 1.94. The van der Waals surface area contributed by atoms with Gasteiger partial charge in [0.25, 0.3) is 5.91 Å². The lowest BCUT2D eigenvalue weighted by molar-refractivity contribution is 0.0746. The number of aromatic nitrogens is 2. The van der Waals surface area contributed by atoms with Crippen molar-refractivity contribution in [3.05, 3.63) is 47.3 Å². The van der Waals surface area contributed by atoms with Gasteiger partial charge in [0.15, 0.2) is 0 Å². The van der Waals surface area contributed by atoms with E-state index < -0.39 is 0 Å². The second-order valence-corrected chi connectivity index (χ2v) is 7.47. The molecular formula is C21H27N5O. The molecule has 27 heavy (non-hydrogen) atoms. The Morgan fingerprint density at radius 3 is 1.96 bits per heavy atom. The highest BCUT2D eigenvalue weighted by atomic mass is 16.2. The zero-order valence-corrected chi connectivity index (χ0v) is 16.2. The Balaban J connectivity index is 1.43. The number of rotatable bonds is 3. The molecule has 2 aliphatic heterocycles. The van der Waals surface area contributed by atoms with Crippen LogP contribution in [0, 0.1) is 13.8 Å². The first-order chi connectivity index (χ1) is 13.1. The van der Waals surface area contributed by atoms with Gasteiger partial charge in [-0.25, -0.2) is 9.97 Å². The van der Waals surface area contributed by atoms with E-state index in [1.165, 1.54) is 18.4 Å². The third kappa shape index (κ3) is 3.89. The van der Waals surface area contributed by atoms with Gasteiger partial charge in [0, 0.05) is 50.9 Å². The minimum absolute atomic E-state index is 0.117. The van der Waals surface area contributed by atoms with Crippen LogP contribution in [0.25, 0.3) is 0 Å². The molecule has 0 saturated carbocycles. The molecule has 2 saturated heterocycles. The van der Waals surface area contributed by atoms with Crippen LogP contribution in [-0.4, -0.2) is 60.0 Å². The molecule has 1 aromatic heterocycles. The Hall–Kier alpha value is -2.63. The van der Waals surface area contributed by atoms with E-state index in [0.717, 1.165) is 62.3 Å². The summed E-state index contributed by atoms with van der Waals surface area (Å²) >= 11 is 0. The lowest BCUT2D eigenvalue weighted by Crippen LogP contribution is -2.49. The van der Waals surface area contributed by atoms with Crippen molar-refractivity contribution < 1.29 is 4.79 Å². The van der Waals surface area contributed by atoms with Crippen LogP contribution in [0.15, 0.2) is 30.3 Å². The number of nitrogens with zero attached hydrogens (tertiary/aromatic N) is 5. The Bertz CT molecular complexity index is 806. The van der Waals surface area contributed by atoms with Crippen LogP contribution in [0.2, 0.25) is 0 Å². The fourth-order valence-electron chi connectivity index (χ4n) is 3.82. The Morgan fingerprint density at radius 1 is 0.815 bits per heavy atom. The molecule has 1 aromatic carbocycles. The second kappa shape index (κ2) is 7.55. The minimum atomic E-state index is 0.117. The van der Waals surface area contributed by atoms with E-state index in [1.54, 1.807) is 0 Å². The van der Waals surface area contributed by atoms with Gasteiger partial charge in [0.1, 0.15) is 17.5 Å². The number of anilines is 2. The quantitative estimate of drug-likeness (QED) is 0.837. The summed E-state index contributed by atoms with van der Waals surface area (Å²) in [5.74, 6) is 2.94. The number of amides is 1. The summed E-state index contributed by atoms with van der Waals surface area (Å²) in [5, 5.41) is 0. The first-order valence-electron chi connectivity index (χ1n) is 9.82. The SMILES string of the molecule is Cc1ccc(C(=O)N2CCN(c3cc(N4CCCC4)nc(C)n3)CC2)cc1. The molecule has 6 nitrogen and oxygen atoms in total. The summed E-state index contributed by atoms with van der Waals surface area (Å²) in [6.45, 7) is 9.18. The molecule has 2 aromatic rings. The van der Waals surface area contributed by atoms with Gasteiger partial charge in [0.2, 0.25) is 0 Å². The largest absolute Gasteiger partial charge is 0.356 e. The van der Waals surface area contributed by atoms with Crippen molar-refractivity contribution in [2.24, 2.45) is 0 Å². The van der Waals surface area contributed by atoms with Gasteiger partial charge in [-0.3, -0.25) is 4.79 Å². The first kappa shape index (κ1) is 17.8. The molecule has 0 N–H and O–H groups in total. The van der Waals surface area contributed by atoms with Gasteiger partial charge in [-0.1, -0.05) is 17.7 Å². The molecule has 2 aliphatic rings. The smallest absolute Gasteiger partial charge is 0.253 e. The first-order valence-corrected chi connectivity index (χ1v) is 9.82. The van der Waals surface area contributed by atoms with Crippen molar-refractivity contribution in [1.82, 2.24) is 14.9 Å². The van der Waals surface area contributed by atoms with Gasteiger partial charge in [-0.2, -0.15) is 0 Å². The fourth-order valence-corrected chi connectivity index (χ4v) is 3.82. The van der Waals surface area contributed by atoms with Crippen molar-refractivity contribution in [2.45, 2.75) is 26.7 Å². The molecule has 3 heterocycles. The lowest BCUT2D eigenvalue weighted by Gasteiger charge is -2.35. The third-order valence-corrected chi connectivity index (χ3v) is 5.43. The Morgan fingerprint density at radius 2 is 1.37 bits per heavy atom. The van der Waals surface area contributed by atoms with Crippen molar-refractivity contribution in [3.8, 4) is 0 Å². The maximum absolute atomic E-state index is 12.7. The predicted octanol–water partition coefficient (Wildman–Crippen LogP) is 2.66. The highest BCUT2D eigenvalue weighted by Crippen LogP contribution is 2.23. The van der Waals surface area contributed by atoms with Crippen LogP contribution in [0.5, 0.6) is 0 Å². The van der Waals surface area contributed by atoms with Crippen LogP contribution in [0.3, 0.4) is 0 Å². The molecule has 0 aliphatic carbocycles. The van der Waals surface area contributed by atoms with Crippen molar-refractivity contribution in [2.75, 3.05) is 49.1 Å². The van der Waals surface area contributed by atoms with E-state index in [2.05, 4.69) is 25.8 Å². The number of hydrogen-bond donors (Lipinski definition) is 0. The monoisotopic (exact) mass is 365 g/mol. The molecular weight excluding hydrogens is 338 g/mol. The van der Waals surface area contributed by atoms with Gasteiger partial charge in [-0.05, 0) is 38.8 Å². The topological polar surface area (TPSA) is 52.6 Å². The number of aryl methyl sites for hydroxylation is 2. The number of carbonyl (C=O) groups is 1. The molecule has 0 radical (unpaired) electrons. The van der Waals surface area contributed by atoms with E-state index in [0.29, 0.717) is 0 Å². The van der Waals surface area contributed by atoms with Crippen molar-refractivity contribution in [1.29, 1.82) is 0 Å². The summed E-state index contributed by atoms with van der Waals surface area (Å²) in [6, 6.07) is 9.93. The van der Waals surface area contributed by atoms with E-state index >= 15 is 0 Å². The summed E-state index contributed by atoms with van der Waals surface area (Å²) in [6.07, 6.45) is 2.47. The van der Waals surface area contributed by atoms with Gasteiger partial charge in [0.05, 0.1) is 0 Å². The van der Waals surface area contributed by atoms with Crippen molar-refractivity contribution >= 4 is 17.5 Å². The average Bonchev–Trinajstić information content (AvgIpc) is 3.23. The Kier molecular flexibility index (Phi) is 4.97. The zero-order chi connectivity index (χ0) is 18.8. The van der Waals surface area contributed by atoms with E-state index in [1.807, 2.05) is 43.0 Å². The second-order valence-electron chi connectivity index (χ2n) is 7.47. The van der Waals surface area contributed by atoms with E-state index in [9.17, 15) is 4.79 Å². The molecule has 1 amide bonds. The van der Waals surface area contributed by atoms with Crippen LogP contribution in [0.4, 0.5) is 11.6 Å². The number of benzene rings is 1. The molecule has 142 valence electrons. The Labute approximate surface area is 160 Å². The highest BCUT2D eigenvalue weighted by molar-refractivity contribution is 5.94. The number of carbonyl (C=O) groups excluding carboxylic acids is 1. The molecule has 0 bridgehead atoms. The van der Waals surface area contributed by atoms with Crippen LogP contribution in [-0.2, 0) is 0 Å². The van der Waals surface area contributed by atoms with Crippen LogP contribution >= 0.6 is 0 Å². The summed E-state index contributed by atoms with van der Waals surface area (Å²) < 4.78 is 0. The van der Waals surface area contributed by atoms with Gasteiger partial charge < -0.3 is 14.7 Å². The highest BCUT2D eigenvalue weighted by Gasteiger charge is 2.24. The average molecular weight is 365 g/mol.